The highest BCUT2D eigenvalue weighted by molar-refractivity contribution is 7.89. The van der Waals surface area contributed by atoms with E-state index in [2.05, 4.69) is 10.2 Å². The molecule has 0 unspecified atom stereocenters. The maximum Gasteiger partial charge on any atom is 0.238 e. The van der Waals surface area contributed by atoms with Crippen molar-refractivity contribution in [3.8, 4) is 0 Å². The normalized spacial score (nSPS) is 19.4. The quantitative estimate of drug-likeness (QED) is 0.820. The number of primary sulfonamides is 1. The molecule has 2 saturated carbocycles. The predicted octanol–water partition coefficient (Wildman–Crippen LogP) is 2.07. The second-order valence-electron chi connectivity index (χ2n) is 6.82. The number of sulfonamides is 1. The van der Waals surface area contributed by atoms with Crippen molar-refractivity contribution in [1.29, 1.82) is 0 Å². The van der Waals surface area contributed by atoms with Crippen LogP contribution in [0, 0.1) is 0 Å². The van der Waals surface area contributed by atoms with Crippen molar-refractivity contribution >= 4 is 21.6 Å². The zero-order valence-corrected chi connectivity index (χ0v) is 14.6. The van der Waals surface area contributed by atoms with E-state index in [1.54, 1.807) is 12.1 Å². The van der Waals surface area contributed by atoms with E-state index in [9.17, 15) is 13.2 Å². The van der Waals surface area contributed by atoms with Crippen molar-refractivity contribution in [2.45, 2.75) is 61.9 Å². The van der Waals surface area contributed by atoms with E-state index in [0.717, 1.165) is 0 Å². The molecule has 0 heterocycles. The number of amides is 1. The minimum absolute atomic E-state index is 0.00614. The van der Waals surface area contributed by atoms with Crippen LogP contribution in [0.25, 0.3) is 0 Å². The lowest BCUT2D eigenvalue weighted by molar-refractivity contribution is -0.118. The summed E-state index contributed by atoms with van der Waals surface area (Å²) < 4.78 is 22.8. The van der Waals surface area contributed by atoms with Crippen LogP contribution < -0.4 is 10.5 Å². The van der Waals surface area contributed by atoms with E-state index in [1.807, 2.05) is 0 Å². The number of nitrogens with zero attached hydrogens (tertiary/aromatic N) is 1. The Morgan fingerprint density at radius 3 is 2.42 bits per heavy atom. The van der Waals surface area contributed by atoms with Crippen LogP contribution in [-0.4, -0.2) is 37.9 Å². The highest BCUT2D eigenvalue weighted by atomic mass is 32.2. The first-order valence-electron chi connectivity index (χ1n) is 8.62. The van der Waals surface area contributed by atoms with Gasteiger partial charge in [-0.2, -0.15) is 0 Å². The Bertz CT molecular complexity index is 695. The summed E-state index contributed by atoms with van der Waals surface area (Å²) in [5.74, 6) is -0.0981. The fourth-order valence-electron chi connectivity index (χ4n) is 3.49. The molecular formula is C17H25N3O3S. The molecule has 2 fully saturated rings. The number of carbonyl (C=O) groups excluding carboxylic acids is 1. The molecule has 0 aliphatic heterocycles. The Balaban J connectivity index is 1.63. The van der Waals surface area contributed by atoms with Crippen molar-refractivity contribution < 1.29 is 13.2 Å². The molecule has 1 aromatic rings. The summed E-state index contributed by atoms with van der Waals surface area (Å²) in [6.07, 6.45) is 8.46. The van der Waals surface area contributed by atoms with Gasteiger partial charge in [0.05, 0.1) is 11.4 Å². The fraction of sp³-hybridized carbons (Fsp3) is 0.588. The zero-order valence-electron chi connectivity index (χ0n) is 13.8. The lowest BCUT2D eigenvalue weighted by Gasteiger charge is -2.34. The number of nitrogens with two attached hydrogens (primary N) is 1. The summed E-state index contributed by atoms with van der Waals surface area (Å²) in [6.45, 7) is 0.370. The van der Waals surface area contributed by atoms with E-state index in [0.29, 0.717) is 24.3 Å². The van der Waals surface area contributed by atoms with Gasteiger partial charge in [-0.3, -0.25) is 9.69 Å². The highest BCUT2D eigenvalue weighted by Gasteiger charge is 2.35. The van der Waals surface area contributed by atoms with Gasteiger partial charge >= 0.3 is 0 Å². The van der Waals surface area contributed by atoms with Gasteiger partial charge in [0.1, 0.15) is 0 Å². The average molecular weight is 351 g/mol. The first-order valence-corrected chi connectivity index (χ1v) is 10.2. The lowest BCUT2D eigenvalue weighted by Crippen LogP contribution is -2.43. The zero-order chi connectivity index (χ0) is 17.2. The molecule has 0 saturated heterocycles. The van der Waals surface area contributed by atoms with Crippen molar-refractivity contribution in [2.24, 2.45) is 5.14 Å². The summed E-state index contributed by atoms with van der Waals surface area (Å²) in [5.41, 5.74) is 0.464. The maximum absolute atomic E-state index is 12.4. The van der Waals surface area contributed by atoms with E-state index >= 15 is 0 Å². The SMILES string of the molecule is NS(=O)(=O)c1cccc(NC(=O)CN(C2CCCCC2)C2CC2)c1. The van der Waals surface area contributed by atoms with Crippen LogP contribution in [-0.2, 0) is 14.8 Å². The molecule has 6 nitrogen and oxygen atoms in total. The number of carbonyl (C=O) groups is 1. The van der Waals surface area contributed by atoms with Gasteiger partial charge in [0.15, 0.2) is 0 Å². The van der Waals surface area contributed by atoms with Crippen LogP contribution >= 0.6 is 0 Å². The van der Waals surface area contributed by atoms with Crippen molar-refractivity contribution in [3.05, 3.63) is 24.3 Å². The molecule has 2 aliphatic rings. The number of hydrogen-bond donors (Lipinski definition) is 2. The van der Waals surface area contributed by atoms with E-state index < -0.39 is 10.0 Å². The van der Waals surface area contributed by atoms with Gasteiger partial charge in [0.2, 0.25) is 15.9 Å². The second-order valence-corrected chi connectivity index (χ2v) is 8.38. The molecule has 3 rings (SSSR count). The smallest absolute Gasteiger partial charge is 0.238 e. The van der Waals surface area contributed by atoms with Crippen LogP contribution in [0.2, 0.25) is 0 Å². The summed E-state index contributed by atoms with van der Waals surface area (Å²) in [4.78, 5) is 14.8. The molecule has 0 aromatic heterocycles. The monoisotopic (exact) mass is 351 g/mol. The first kappa shape index (κ1) is 17.4. The minimum atomic E-state index is -3.77. The number of hydrogen-bond acceptors (Lipinski definition) is 4. The summed E-state index contributed by atoms with van der Waals surface area (Å²) in [5, 5.41) is 7.94. The van der Waals surface area contributed by atoms with E-state index in [-0.39, 0.29) is 10.8 Å². The molecular weight excluding hydrogens is 326 g/mol. The molecule has 0 atom stereocenters. The predicted molar refractivity (Wildman–Crippen MR) is 93.0 cm³/mol. The third-order valence-electron chi connectivity index (χ3n) is 4.83. The lowest BCUT2D eigenvalue weighted by atomic mass is 9.94. The Morgan fingerprint density at radius 2 is 1.79 bits per heavy atom. The van der Waals surface area contributed by atoms with Gasteiger partial charge in [-0.15, -0.1) is 0 Å². The van der Waals surface area contributed by atoms with Gasteiger partial charge < -0.3 is 5.32 Å². The molecule has 0 radical (unpaired) electrons. The molecule has 0 bridgehead atoms. The first-order chi connectivity index (χ1) is 11.4. The molecule has 24 heavy (non-hydrogen) atoms. The number of nitrogens with one attached hydrogen (secondary N) is 1. The summed E-state index contributed by atoms with van der Waals surface area (Å²) in [7, 11) is -3.77. The maximum atomic E-state index is 12.4. The standard InChI is InChI=1S/C17H25N3O3S/c18-24(22,23)16-8-4-5-13(11-16)19-17(21)12-20(15-9-10-15)14-6-2-1-3-7-14/h4-5,8,11,14-15H,1-3,6-7,9-10,12H2,(H,19,21)(H2,18,22,23). The van der Waals surface area contributed by atoms with E-state index in [1.165, 1.54) is 57.1 Å². The van der Waals surface area contributed by atoms with Crippen LogP contribution in [0.3, 0.4) is 0 Å². The topological polar surface area (TPSA) is 92.5 Å². The van der Waals surface area contributed by atoms with Gasteiger partial charge in [0.25, 0.3) is 0 Å². The largest absolute Gasteiger partial charge is 0.325 e. The average Bonchev–Trinajstić information content (AvgIpc) is 3.38. The van der Waals surface area contributed by atoms with Crippen LogP contribution in [0.5, 0.6) is 0 Å². The van der Waals surface area contributed by atoms with Crippen LogP contribution in [0.15, 0.2) is 29.2 Å². The molecule has 7 heteroatoms. The molecule has 0 spiro atoms. The third-order valence-corrected chi connectivity index (χ3v) is 5.74. The van der Waals surface area contributed by atoms with Crippen molar-refractivity contribution in [1.82, 2.24) is 4.90 Å². The van der Waals surface area contributed by atoms with Gasteiger partial charge in [-0.05, 0) is 43.9 Å². The molecule has 1 aromatic carbocycles. The molecule has 132 valence electrons. The Morgan fingerprint density at radius 1 is 1.12 bits per heavy atom. The van der Waals surface area contributed by atoms with Crippen molar-refractivity contribution in [3.63, 3.8) is 0 Å². The molecule has 2 aliphatic carbocycles. The Hall–Kier alpha value is -1.44. The number of anilines is 1. The number of benzene rings is 1. The van der Waals surface area contributed by atoms with E-state index in [4.69, 9.17) is 5.14 Å². The summed E-state index contributed by atoms with van der Waals surface area (Å²) in [6, 6.07) is 7.12. The molecule has 1 amide bonds. The Labute approximate surface area is 143 Å². The van der Waals surface area contributed by atoms with Crippen LogP contribution in [0.1, 0.15) is 44.9 Å². The van der Waals surface area contributed by atoms with Crippen LogP contribution in [0.4, 0.5) is 5.69 Å². The Kier molecular flexibility index (Phi) is 5.22. The second kappa shape index (κ2) is 7.21. The summed E-state index contributed by atoms with van der Waals surface area (Å²) >= 11 is 0. The van der Waals surface area contributed by atoms with Gasteiger partial charge in [0, 0.05) is 17.8 Å². The minimum Gasteiger partial charge on any atom is -0.325 e. The fourth-order valence-corrected chi connectivity index (χ4v) is 4.05. The highest BCUT2D eigenvalue weighted by Crippen LogP contribution is 2.33. The van der Waals surface area contributed by atoms with Crippen molar-refractivity contribution in [2.75, 3.05) is 11.9 Å². The third kappa shape index (κ3) is 4.55. The molecule has 3 N–H and O–H groups in total. The van der Waals surface area contributed by atoms with Gasteiger partial charge in [-0.1, -0.05) is 25.3 Å². The van der Waals surface area contributed by atoms with Gasteiger partial charge in [-0.25, -0.2) is 13.6 Å². The number of rotatable bonds is 6.